The molecule has 2 aromatic rings. The van der Waals surface area contributed by atoms with E-state index in [0.717, 1.165) is 42.7 Å². The maximum Gasteiger partial charge on any atom is 0.193 e. The van der Waals surface area contributed by atoms with Crippen molar-refractivity contribution >= 4 is 41.5 Å². The van der Waals surface area contributed by atoms with Crippen LogP contribution in [0.3, 0.4) is 0 Å². The topological polar surface area (TPSA) is 40.5 Å². The first-order chi connectivity index (χ1) is 11.6. The predicted molar refractivity (Wildman–Crippen MR) is 117 cm³/mol. The van der Waals surface area contributed by atoms with Gasteiger partial charge in [0.15, 0.2) is 5.96 Å². The number of nitrogens with one attached hydrogen (secondary N) is 1. The van der Waals surface area contributed by atoms with Crippen molar-refractivity contribution < 1.29 is 0 Å². The third-order valence-corrected chi connectivity index (χ3v) is 3.88. The number of hydrogen-bond acceptors (Lipinski definition) is 2. The van der Waals surface area contributed by atoms with Gasteiger partial charge in [0.2, 0.25) is 0 Å². The molecule has 0 spiro atoms. The second-order valence-corrected chi connectivity index (χ2v) is 6.22. The van der Waals surface area contributed by atoms with E-state index >= 15 is 0 Å². The summed E-state index contributed by atoms with van der Waals surface area (Å²) in [5, 5.41) is 4.10. The van der Waals surface area contributed by atoms with Crippen molar-refractivity contribution in [1.82, 2.24) is 15.2 Å². The Kier molecular flexibility index (Phi) is 9.82. The Hall–Kier alpha value is -1.34. The molecule has 1 heterocycles. The summed E-state index contributed by atoms with van der Waals surface area (Å²) >= 11 is 6.06. The fraction of sp³-hybridized carbons (Fsp3) is 0.368. The Morgan fingerprint density at radius 1 is 1.24 bits per heavy atom. The van der Waals surface area contributed by atoms with Crippen molar-refractivity contribution in [1.29, 1.82) is 0 Å². The smallest absolute Gasteiger partial charge is 0.193 e. The zero-order valence-electron chi connectivity index (χ0n) is 15.0. The van der Waals surface area contributed by atoms with Crippen LogP contribution in [0.2, 0.25) is 5.02 Å². The molecule has 0 saturated heterocycles. The minimum Gasteiger partial charge on any atom is -0.357 e. The van der Waals surface area contributed by atoms with Crippen molar-refractivity contribution in [2.75, 3.05) is 20.1 Å². The monoisotopic (exact) mass is 472 g/mol. The molecule has 0 aliphatic rings. The van der Waals surface area contributed by atoms with Crippen molar-refractivity contribution in [3.63, 3.8) is 0 Å². The van der Waals surface area contributed by atoms with Gasteiger partial charge < -0.3 is 10.2 Å². The van der Waals surface area contributed by atoms with Crippen molar-refractivity contribution in [2.45, 2.75) is 26.8 Å². The SMILES string of the molecule is CCNC(=NCCc1ccc(C)nc1)N(C)Cc1cccc(Cl)c1.I. The van der Waals surface area contributed by atoms with Crippen LogP contribution >= 0.6 is 35.6 Å². The molecular formula is C19H26ClIN4. The Balaban J connectivity index is 0.00000312. The molecule has 0 bridgehead atoms. The second-order valence-electron chi connectivity index (χ2n) is 5.78. The predicted octanol–water partition coefficient (Wildman–Crippen LogP) is 4.30. The number of aliphatic imine (C=N–C) groups is 1. The van der Waals surface area contributed by atoms with Gasteiger partial charge in [0, 0.05) is 43.6 Å². The van der Waals surface area contributed by atoms with Gasteiger partial charge in [-0.2, -0.15) is 0 Å². The molecular weight excluding hydrogens is 447 g/mol. The fourth-order valence-electron chi connectivity index (χ4n) is 2.39. The van der Waals surface area contributed by atoms with E-state index in [2.05, 4.69) is 34.3 Å². The third kappa shape index (κ3) is 7.61. The lowest BCUT2D eigenvalue weighted by atomic mass is 10.2. The Bertz CT molecular complexity index is 673. The van der Waals surface area contributed by atoms with Gasteiger partial charge in [-0.05, 0) is 49.6 Å². The van der Waals surface area contributed by atoms with Gasteiger partial charge in [0.1, 0.15) is 0 Å². The van der Waals surface area contributed by atoms with Gasteiger partial charge in [-0.1, -0.05) is 29.8 Å². The highest BCUT2D eigenvalue weighted by atomic mass is 127. The van der Waals surface area contributed by atoms with Crippen LogP contribution in [0.4, 0.5) is 0 Å². The first-order valence-electron chi connectivity index (χ1n) is 8.24. The number of guanidine groups is 1. The van der Waals surface area contributed by atoms with E-state index < -0.39 is 0 Å². The summed E-state index contributed by atoms with van der Waals surface area (Å²) in [6.45, 7) is 6.40. The number of hydrogen-bond donors (Lipinski definition) is 1. The molecule has 0 radical (unpaired) electrons. The number of aryl methyl sites for hydroxylation is 1. The first-order valence-corrected chi connectivity index (χ1v) is 8.61. The molecule has 0 amide bonds. The zero-order valence-corrected chi connectivity index (χ0v) is 18.1. The summed E-state index contributed by atoms with van der Waals surface area (Å²) in [4.78, 5) is 11.2. The molecule has 0 unspecified atom stereocenters. The molecule has 0 atom stereocenters. The van der Waals surface area contributed by atoms with Crippen LogP contribution in [0, 0.1) is 6.92 Å². The minimum absolute atomic E-state index is 0. The number of pyridine rings is 1. The summed E-state index contributed by atoms with van der Waals surface area (Å²) in [5.74, 6) is 0.901. The summed E-state index contributed by atoms with van der Waals surface area (Å²) in [6.07, 6.45) is 2.81. The van der Waals surface area contributed by atoms with Gasteiger partial charge in [-0.15, -0.1) is 24.0 Å². The van der Waals surface area contributed by atoms with Crippen molar-refractivity contribution in [3.05, 3.63) is 64.4 Å². The Labute approximate surface area is 172 Å². The largest absolute Gasteiger partial charge is 0.357 e. The average molecular weight is 473 g/mol. The standard InChI is InChI=1S/C19H25ClN4.HI/c1-4-21-19(22-11-10-16-9-8-15(2)23-13-16)24(3)14-17-6-5-7-18(20)12-17;/h5-9,12-13H,4,10-11,14H2,1-3H3,(H,21,22);1H. The van der Waals surface area contributed by atoms with Gasteiger partial charge in [-0.25, -0.2) is 0 Å². The molecule has 0 aliphatic heterocycles. The van der Waals surface area contributed by atoms with E-state index in [1.54, 1.807) is 0 Å². The number of halogens is 2. The van der Waals surface area contributed by atoms with E-state index in [1.807, 2.05) is 44.4 Å². The maximum absolute atomic E-state index is 6.06. The number of nitrogens with zero attached hydrogens (tertiary/aromatic N) is 3. The molecule has 136 valence electrons. The quantitative estimate of drug-likeness (QED) is 0.387. The number of benzene rings is 1. The van der Waals surface area contributed by atoms with E-state index in [1.165, 1.54) is 11.1 Å². The van der Waals surface area contributed by atoms with Crippen LogP contribution in [-0.2, 0) is 13.0 Å². The highest BCUT2D eigenvalue weighted by molar-refractivity contribution is 14.0. The average Bonchev–Trinajstić information content (AvgIpc) is 2.56. The van der Waals surface area contributed by atoms with Crippen LogP contribution in [0.25, 0.3) is 0 Å². The molecule has 0 saturated carbocycles. The second kappa shape index (κ2) is 11.3. The summed E-state index contributed by atoms with van der Waals surface area (Å²) in [6, 6.07) is 12.1. The summed E-state index contributed by atoms with van der Waals surface area (Å²) < 4.78 is 0. The highest BCUT2D eigenvalue weighted by Crippen LogP contribution is 2.12. The lowest BCUT2D eigenvalue weighted by Gasteiger charge is -2.22. The molecule has 0 fully saturated rings. The van der Waals surface area contributed by atoms with Crippen LogP contribution in [-0.4, -0.2) is 36.0 Å². The lowest BCUT2D eigenvalue weighted by Crippen LogP contribution is -2.38. The Morgan fingerprint density at radius 2 is 2.04 bits per heavy atom. The van der Waals surface area contributed by atoms with Crippen LogP contribution < -0.4 is 5.32 Å². The minimum atomic E-state index is 0. The Morgan fingerprint density at radius 3 is 2.68 bits per heavy atom. The molecule has 4 nitrogen and oxygen atoms in total. The van der Waals surface area contributed by atoms with Gasteiger partial charge in [-0.3, -0.25) is 9.98 Å². The van der Waals surface area contributed by atoms with Crippen molar-refractivity contribution in [3.8, 4) is 0 Å². The van der Waals surface area contributed by atoms with Crippen LogP contribution in [0.1, 0.15) is 23.7 Å². The molecule has 2 rings (SSSR count). The van der Waals surface area contributed by atoms with Gasteiger partial charge in [0.25, 0.3) is 0 Å². The molecule has 0 aliphatic carbocycles. The fourth-order valence-corrected chi connectivity index (χ4v) is 2.60. The van der Waals surface area contributed by atoms with E-state index in [0.29, 0.717) is 0 Å². The normalized spacial score (nSPS) is 11.0. The number of aromatic nitrogens is 1. The number of rotatable bonds is 6. The summed E-state index contributed by atoms with van der Waals surface area (Å²) in [7, 11) is 2.04. The molecule has 6 heteroatoms. The van der Waals surface area contributed by atoms with Crippen LogP contribution in [0.5, 0.6) is 0 Å². The third-order valence-electron chi connectivity index (χ3n) is 3.64. The maximum atomic E-state index is 6.06. The van der Waals surface area contributed by atoms with Gasteiger partial charge >= 0.3 is 0 Å². The van der Waals surface area contributed by atoms with Crippen molar-refractivity contribution in [2.24, 2.45) is 4.99 Å². The molecule has 1 aromatic heterocycles. The zero-order chi connectivity index (χ0) is 17.4. The lowest BCUT2D eigenvalue weighted by molar-refractivity contribution is 0.477. The first kappa shape index (κ1) is 21.7. The van der Waals surface area contributed by atoms with Gasteiger partial charge in [0.05, 0.1) is 0 Å². The van der Waals surface area contributed by atoms with E-state index in [4.69, 9.17) is 16.6 Å². The van der Waals surface area contributed by atoms with E-state index in [-0.39, 0.29) is 24.0 Å². The highest BCUT2D eigenvalue weighted by Gasteiger charge is 2.06. The van der Waals surface area contributed by atoms with Crippen LogP contribution in [0.15, 0.2) is 47.6 Å². The summed E-state index contributed by atoms with van der Waals surface area (Å²) in [5.41, 5.74) is 3.41. The molecule has 1 aromatic carbocycles. The van der Waals surface area contributed by atoms with E-state index in [9.17, 15) is 0 Å². The molecule has 25 heavy (non-hydrogen) atoms. The molecule has 1 N–H and O–H groups in total.